The van der Waals surface area contributed by atoms with Crippen LogP contribution in [0.2, 0.25) is 0 Å². The monoisotopic (exact) mass is 408 g/mol. The Morgan fingerprint density at radius 2 is 1.90 bits per heavy atom. The second-order valence-corrected chi connectivity index (χ2v) is 8.16. The lowest BCUT2D eigenvalue weighted by atomic mass is 10.0. The van der Waals surface area contributed by atoms with E-state index in [-0.39, 0.29) is 0 Å². The first-order valence-electron chi connectivity index (χ1n) is 10.3. The Labute approximate surface area is 178 Å². The van der Waals surface area contributed by atoms with Gasteiger partial charge in [-0.05, 0) is 48.0 Å². The van der Waals surface area contributed by atoms with Crippen molar-refractivity contribution >= 4 is 34.4 Å². The van der Waals surface area contributed by atoms with Gasteiger partial charge in [0, 0.05) is 51.0 Å². The molecule has 1 aromatic carbocycles. The van der Waals surface area contributed by atoms with Crippen LogP contribution in [-0.4, -0.2) is 53.4 Å². The maximum absolute atomic E-state index is 5.60. The number of rotatable bonds is 3. The third-order valence-electron chi connectivity index (χ3n) is 5.54. The number of piperazine rings is 1. The van der Waals surface area contributed by atoms with Gasteiger partial charge in [-0.3, -0.25) is 10.4 Å². The molecule has 6 nitrogen and oxygen atoms in total. The second kappa shape index (κ2) is 8.78. The molecule has 1 fully saturated rings. The van der Waals surface area contributed by atoms with Crippen molar-refractivity contribution in [2.75, 3.05) is 42.9 Å². The van der Waals surface area contributed by atoms with Crippen LogP contribution in [0.4, 0.5) is 11.4 Å². The van der Waals surface area contributed by atoms with Crippen molar-refractivity contribution in [1.29, 1.82) is 0 Å². The van der Waals surface area contributed by atoms with Gasteiger partial charge in [-0.25, -0.2) is 0 Å². The smallest absolute Gasteiger partial charge is 0.189 e. The summed E-state index contributed by atoms with van der Waals surface area (Å²) < 4.78 is 0. The Balaban J connectivity index is 1.33. The van der Waals surface area contributed by atoms with Gasteiger partial charge < -0.3 is 15.1 Å². The maximum atomic E-state index is 5.60. The predicted octanol–water partition coefficient (Wildman–Crippen LogP) is 3.42. The number of nitrogens with one attached hydrogen (secondary N) is 2. The number of hydrogen-bond acceptors (Lipinski definition) is 5. The largest absolute Gasteiger partial charge is 0.383 e. The Morgan fingerprint density at radius 3 is 2.62 bits per heavy atom. The molecule has 7 heteroatoms. The van der Waals surface area contributed by atoms with E-state index in [0.717, 1.165) is 56.2 Å². The maximum Gasteiger partial charge on any atom is 0.189 e. The van der Waals surface area contributed by atoms with E-state index in [4.69, 9.17) is 12.2 Å². The number of hydrogen-bond donors (Lipinski definition) is 2. The first-order chi connectivity index (χ1) is 14.1. The first kappa shape index (κ1) is 19.6. The van der Waals surface area contributed by atoms with Crippen molar-refractivity contribution < 1.29 is 0 Å². The molecule has 3 heterocycles. The van der Waals surface area contributed by atoms with E-state index in [0.29, 0.717) is 11.0 Å². The summed E-state index contributed by atoms with van der Waals surface area (Å²) in [5.74, 6) is 0.563. The van der Waals surface area contributed by atoms with E-state index in [2.05, 4.69) is 68.7 Å². The zero-order chi connectivity index (χ0) is 20.2. The van der Waals surface area contributed by atoms with Crippen LogP contribution in [0.5, 0.6) is 0 Å². The SMILES string of the molecule is CC(C)c1ccc(N2CCN(C(=S)N/N=C3/CCNc4cccnc43)CC2)cc1. The summed E-state index contributed by atoms with van der Waals surface area (Å²) >= 11 is 5.60. The Bertz CT molecular complexity index is 884. The summed E-state index contributed by atoms with van der Waals surface area (Å²) in [5, 5.41) is 8.61. The van der Waals surface area contributed by atoms with Crippen LogP contribution < -0.4 is 15.6 Å². The lowest BCUT2D eigenvalue weighted by Gasteiger charge is -2.37. The topological polar surface area (TPSA) is 55.8 Å². The number of pyridine rings is 1. The fourth-order valence-electron chi connectivity index (χ4n) is 3.74. The molecule has 152 valence electrons. The van der Waals surface area contributed by atoms with Crippen molar-refractivity contribution in [2.45, 2.75) is 26.2 Å². The normalized spacial score (nSPS) is 17.8. The zero-order valence-electron chi connectivity index (χ0n) is 17.1. The molecule has 0 spiro atoms. The number of thiocarbonyl (C=S) groups is 1. The van der Waals surface area contributed by atoms with Crippen molar-refractivity contribution in [3.05, 3.63) is 53.9 Å². The standard InChI is InChI=1S/C22H28N6S/c1-16(2)17-5-7-18(8-6-17)27-12-14-28(15-13-27)22(29)26-25-20-9-11-23-19-4-3-10-24-21(19)20/h3-8,10,16,23H,9,11-15H2,1-2H3,(H,26,29)/b25-20-. The third-order valence-corrected chi connectivity index (χ3v) is 5.89. The first-order valence-corrected chi connectivity index (χ1v) is 10.7. The summed E-state index contributed by atoms with van der Waals surface area (Å²) in [5.41, 5.74) is 8.65. The number of hydrazone groups is 1. The average Bonchev–Trinajstić information content (AvgIpc) is 2.77. The summed E-state index contributed by atoms with van der Waals surface area (Å²) in [6, 6.07) is 12.9. The minimum Gasteiger partial charge on any atom is -0.383 e. The minimum absolute atomic E-state index is 0.563. The molecular formula is C22H28N6S. The highest BCUT2D eigenvalue weighted by molar-refractivity contribution is 7.80. The van der Waals surface area contributed by atoms with Gasteiger partial charge in [-0.15, -0.1) is 0 Å². The van der Waals surface area contributed by atoms with Gasteiger partial charge in [0.2, 0.25) is 0 Å². The Kier molecular flexibility index (Phi) is 5.94. The molecule has 1 saturated heterocycles. The third kappa shape index (κ3) is 4.50. The van der Waals surface area contributed by atoms with Gasteiger partial charge in [0.15, 0.2) is 5.11 Å². The molecule has 0 bridgehead atoms. The molecule has 2 aliphatic rings. The van der Waals surface area contributed by atoms with Crippen LogP contribution >= 0.6 is 12.2 Å². The van der Waals surface area contributed by atoms with Gasteiger partial charge >= 0.3 is 0 Å². The summed E-state index contributed by atoms with van der Waals surface area (Å²) in [4.78, 5) is 9.07. The van der Waals surface area contributed by atoms with Crippen molar-refractivity contribution in [3.8, 4) is 0 Å². The van der Waals surface area contributed by atoms with Gasteiger partial charge in [0.1, 0.15) is 5.69 Å². The number of fused-ring (bicyclic) bond motifs is 1. The molecule has 29 heavy (non-hydrogen) atoms. The molecule has 0 radical (unpaired) electrons. The molecule has 0 unspecified atom stereocenters. The molecule has 2 N–H and O–H groups in total. The summed E-state index contributed by atoms with van der Waals surface area (Å²) in [6.07, 6.45) is 2.63. The van der Waals surface area contributed by atoms with E-state index in [1.165, 1.54) is 11.3 Å². The molecular weight excluding hydrogens is 380 g/mol. The van der Waals surface area contributed by atoms with E-state index in [1.807, 2.05) is 12.1 Å². The van der Waals surface area contributed by atoms with E-state index in [9.17, 15) is 0 Å². The molecule has 1 aromatic heterocycles. The fourth-order valence-corrected chi connectivity index (χ4v) is 3.97. The minimum atomic E-state index is 0.563. The summed E-state index contributed by atoms with van der Waals surface area (Å²) in [7, 11) is 0. The average molecular weight is 409 g/mol. The van der Waals surface area contributed by atoms with E-state index < -0.39 is 0 Å². The van der Waals surface area contributed by atoms with Gasteiger partial charge in [0.25, 0.3) is 0 Å². The Morgan fingerprint density at radius 1 is 1.14 bits per heavy atom. The lowest BCUT2D eigenvalue weighted by molar-refractivity contribution is 0.381. The van der Waals surface area contributed by atoms with Gasteiger partial charge in [0.05, 0.1) is 11.4 Å². The van der Waals surface area contributed by atoms with Crippen LogP contribution in [0.1, 0.15) is 37.4 Å². The van der Waals surface area contributed by atoms with Crippen LogP contribution in [0.25, 0.3) is 0 Å². The number of nitrogens with zero attached hydrogens (tertiary/aromatic N) is 4. The van der Waals surface area contributed by atoms with E-state index >= 15 is 0 Å². The molecule has 2 aromatic rings. The highest BCUT2D eigenvalue weighted by Gasteiger charge is 2.20. The predicted molar refractivity (Wildman–Crippen MR) is 124 cm³/mol. The van der Waals surface area contributed by atoms with Gasteiger partial charge in [-0.1, -0.05) is 26.0 Å². The van der Waals surface area contributed by atoms with Crippen LogP contribution in [-0.2, 0) is 0 Å². The van der Waals surface area contributed by atoms with Gasteiger partial charge in [-0.2, -0.15) is 5.10 Å². The van der Waals surface area contributed by atoms with E-state index in [1.54, 1.807) is 6.20 Å². The fraction of sp³-hybridized carbons (Fsp3) is 0.409. The molecule has 0 aliphatic carbocycles. The molecule has 0 amide bonds. The molecule has 0 atom stereocenters. The Hall–Kier alpha value is -2.67. The van der Waals surface area contributed by atoms with Crippen LogP contribution in [0, 0.1) is 0 Å². The highest BCUT2D eigenvalue weighted by Crippen LogP contribution is 2.22. The molecule has 2 aliphatic heterocycles. The zero-order valence-corrected chi connectivity index (χ0v) is 17.9. The second-order valence-electron chi connectivity index (χ2n) is 7.77. The number of anilines is 2. The molecule has 0 saturated carbocycles. The van der Waals surface area contributed by atoms with Crippen molar-refractivity contribution in [2.24, 2.45) is 5.10 Å². The molecule has 4 rings (SSSR count). The number of benzene rings is 1. The lowest BCUT2D eigenvalue weighted by Crippen LogP contribution is -2.51. The van der Waals surface area contributed by atoms with Crippen LogP contribution in [0.15, 0.2) is 47.7 Å². The van der Waals surface area contributed by atoms with Crippen molar-refractivity contribution in [1.82, 2.24) is 15.3 Å². The van der Waals surface area contributed by atoms with Crippen molar-refractivity contribution in [3.63, 3.8) is 0 Å². The number of aromatic nitrogens is 1. The summed E-state index contributed by atoms with van der Waals surface area (Å²) in [6.45, 7) is 8.99. The quantitative estimate of drug-likeness (QED) is 0.600. The highest BCUT2D eigenvalue weighted by atomic mass is 32.1. The van der Waals surface area contributed by atoms with Crippen LogP contribution in [0.3, 0.4) is 0 Å².